The lowest BCUT2D eigenvalue weighted by Gasteiger charge is -2.32. The van der Waals surface area contributed by atoms with E-state index in [-0.39, 0.29) is 6.61 Å². The molecule has 1 aliphatic rings. The van der Waals surface area contributed by atoms with E-state index in [0.29, 0.717) is 5.56 Å². The standard InChI is InChI=1S/C19H17NO4/c1-2-19(13-23-18(22)20-19)16(14-9-5-3-6-10-14)24-17(21)15-11-7-4-8-12-15/h2-12,16H,1,13H2,(H,20,22)/t16-,19+/m1/s1. The Balaban J connectivity index is 1.95. The van der Waals surface area contributed by atoms with Crippen LogP contribution in [0.15, 0.2) is 73.3 Å². The summed E-state index contributed by atoms with van der Waals surface area (Å²) in [5.41, 5.74) is 0.165. The van der Waals surface area contributed by atoms with Crippen molar-refractivity contribution in [2.45, 2.75) is 11.6 Å². The molecule has 1 N–H and O–H groups in total. The van der Waals surface area contributed by atoms with Gasteiger partial charge in [0.15, 0.2) is 6.10 Å². The molecule has 0 bridgehead atoms. The van der Waals surface area contributed by atoms with Gasteiger partial charge in [-0.15, -0.1) is 6.58 Å². The van der Waals surface area contributed by atoms with E-state index in [0.717, 1.165) is 5.56 Å². The summed E-state index contributed by atoms with van der Waals surface area (Å²) < 4.78 is 10.8. The maximum absolute atomic E-state index is 12.5. The monoisotopic (exact) mass is 323 g/mol. The van der Waals surface area contributed by atoms with Gasteiger partial charge < -0.3 is 14.8 Å². The van der Waals surface area contributed by atoms with Gasteiger partial charge in [-0.05, 0) is 17.7 Å². The van der Waals surface area contributed by atoms with Crippen molar-refractivity contribution >= 4 is 12.1 Å². The largest absolute Gasteiger partial charge is 0.451 e. The third-order valence-corrected chi connectivity index (χ3v) is 3.95. The summed E-state index contributed by atoms with van der Waals surface area (Å²) in [5, 5.41) is 2.72. The predicted molar refractivity (Wildman–Crippen MR) is 88.5 cm³/mol. The van der Waals surface area contributed by atoms with Crippen molar-refractivity contribution < 1.29 is 19.1 Å². The van der Waals surface area contributed by atoms with E-state index in [2.05, 4.69) is 11.9 Å². The van der Waals surface area contributed by atoms with Crippen molar-refractivity contribution in [1.29, 1.82) is 0 Å². The topological polar surface area (TPSA) is 64.6 Å². The van der Waals surface area contributed by atoms with Gasteiger partial charge in [0, 0.05) is 0 Å². The molecule has 2 atom stereocenters. The molecule has 5 nitrogen and oxygen atoms in total. The lowest BCUT2D eigenvalue weighted by molar-refractivity contribution is 0.00868. The summed E-state index contributed by atoms with van der Waals surface area (Å²) >= 11 is 0. The first-order valence-electron chi connectivity index (χ1n) is 7.54. The lowest BCUT2D eigenvalue weighted by atomic mass is 9.88. The molecule has 24 heavy (non-hydrogen) atoms. The maximum atomic E-state index is 12.5. The minimum absolute atomic E-state index is 0.0387. The molecule has 0 unspecified atom stereocenters. The molecular formula is C19H17NO4. The second-order valence-corrected chi connectivity index (χ2v) is 5.51. The number of rotatable bonds is 5. The Labute approximate surface area is 139 Å². The third-order valence-electron chi connectivity index (χ3n) is 3.95. The Morgan fingerprint density at radius 3 is 2.33 bits per heavy atom. The summed E-state index contributed by atoms with van der Waals surface area (Å²) in [6, 6.07) is 17.9. The molecule has 1 amide bonds. The van der Waals surface area contributed by atoms with Crippen LogP contribution in [0.4, 0.5) is 4.79 Å². The number of carbonyl (C=O) groups is 2. The first kappa shape index (κ1) is 15.8. The fourth-order valence-corrected chi connectivity index (χ4v) is 2.65. The van der Waals surface area contributed by atoms with Crippen LogP contribution >= 0.6 is 0 Å². The highest BCUT2D eigenvalue weighted by Crippen LogP contribution is 2.34. The average molecular weight is 323 g/mol. The van der Waals surface area contributed by atoms with Crippen LogP contribution in [0.3, 0.4) is 0 Å². The molecule has 122 valence electrons. The van der Waals surface area contributed by atoms with Gasteiger partial charge in [0.05, 0.1) is 5.56 Å². The molecule has 3 rings (SSSR count). The van der Waals surface area contributed by atoms with Gasteiger partial charge in [0.25, 0.3) is 0 Å². The second-order valence-electron chi connectivity index (χ2n) is 5.51. The Hall–Kier alpha value is -3.08. The van der Waals surface area contributed by atoms with Crippen LogP contribution in [-0.2, 0) is 9.47 Å². The predicted octanol–water partition coefficient (Wildman–Crippen LogP) is 3.25. The Morgan fingerprint density at radius 1 is 1.17 bits per heavy atom. The van der Waals surface area contributed by atoms with E-state index < -0.39 is 23.7 Å². The number of benzene rings is 2. The van der Waals surface area contributed by atoms with Crippen LogP contribution in [-0.4, -0.2) is 24.2 Å². The van der Waals surface area contributed by atoms with Crippen molar-refractivity contribution in [3.8, 4) is 0 Å². The SMILES string of the molecule is C=C[C@@]1([C@H](OC(=O)c2ccccc2)c2ccccc2)COC(=O)N1. The van der Waals surface area contributed by atoms with E-state index in [1.165, 1.54) is 0 Å². The first-order valence-corrected chi connectivity index (χ1v) is 7.54. The van der Waals surface area contributed by atoms with Crippen LogP contribution < -0.4 is 5.32 Å². The first-order chi connectivity index (χ1) is 11.6. The summed E-state index contributed by atoms with van der Waals surface area (Å²) in [4.78, 5) is 24.1. The van der Waals surface area contributed by atoms with Crippen LogP contribution in [0, 0.1) is 0 Å². The minimum atomic E-state index is -1.01. The number of cyclic esters (lactones) is 1. The van der Waals surface area contributed by atoms with E-state index >= 15 is 0 Å². The number of ether oxygens (including phenoxy) is 2. The van der Waals surface area contributed by atoms with E-state index in [9.17, 15) is 9.59 Å². The van der Waals surface area contributed by atoms with Crippen molar-refractivity contribution in [2.24, 2.45) is 0 Å². The normalized spacial score (nSPS) is 20.6. The average Bonchev–Trinajstić information content (AvgIpc) is 3.03. The molecule has 2 aromatic rings. The maximum Gasteiger partial charge on any atom is 0.408 e. The zero-order valence-electron chi connectivity index (χ0n) is 13.0. The van der Waals surface area contributed by atoms with Gasteiger partial charge in [-0.1, -0.05) is 54.6 Å². The lowest BCUT2D eigenvalue weighted by Crippen LogP contribution is -2.48. The number of alkyl carbamates (subject to hydrolysis) is 1. The van der Waals surface area contributed by atoms with E-state index in [4.69, 9.17) is 9.47 Å². The minimum Gasteiger partial charge on any atom is -0.451 e. The van der Waals surface area contributed by atoms with Crippen LogP contribution in [0.2, 0.25) is 0 Å². The highest BCUT2D eigenvalue weighted by atomic mass is 16.6. The second kappa shape index (κ2) is 6.58. The number of hydrogen-bond donors (Lipinski definition) is 1. The van der Waals surface area contributed by atoms with Gasteiger partial charge in [-0.25, -0.2) is 9.59 Å². The number of esters is 1. The van der Waals surface area contributed by atoms with Crippen molar-refractivity contribution in [2.75, 3.05) is 6.61 Å². The van der Waals surface area contributed by atoms with Crippen LogP contribution in [0.25, 0.3) is 0 Å². The summed E-state index contributed by atoms with van der Waals surface area (Å²) in [6.45, 7) is 3.83. The molecule has 0 aromatic heterocycles. The molecule has 1 heterocycles. The van der Waals surface area contributed by atoms with Gasteiger partial charge in [-0.3, -0.25) is 0 Å². The summed E-state index contributed by atoms with van der Waals surface area (Å²) in [7, 11) is 0. The molecule has 2 aromatic carbocycles. The smallest absolute Gasteiger partial charge is 0.408 e. The molecule has 5 heteroatoms. The Bertz CT molecular complexity index is 744. The van der Waals surface area contributed by atoms with Gasteiger partial charge in [0.1, 0.15) is 12.1 Å². The molecule has 1 saturated heterocycles. The molecule has 0 radical (unpaired) electrons. The highest BCUT2D eigenvalue weighted by molar-refractivity contribution is 5.89. The number of nitrogens with one attached hydrogen (secondary N) is 1. The van der Waals surface area contributed by atoms with Gasteiger partial charge in [-0.2, -0.15) is 0 Å². The Kier molecular flexibility index (Phi) is 4.33. The van der Waals surface area contributed by atoms with E-state index in [1.807, 2.05) is 36.4 Å². The highest BCUT2D eigenvalue weighted by Gasteiger charge is 2.47. The number of carbonyl (C=O) groups excluding carboxylic acids is 2. The number of hydrogen-bond acceptors (Lipinski definition) is 4. The zero-order valence-corrected chi connectivity index (χ0v) is 13.0. The molecular weight excluding hydrogens is 306 g/mol. The number of amides is 1. The van der Waals surface area contributed by atoms with Crippen molar-refractivity contribution in [1.82, 2.24) is 5.32 Å². The quantitative estimate of drug-likeness (QED) is 0.677. The molecule has 1 aliphatic heterocycles. The van der Waals surface area contributed by atoms with Gasteiger partial charge >= 0.3 is 12.1 Å². The fourth-order valence-electron chi connectivity index (χ4n) is 2.65. The van der Waals surface area contributed by atoms with Crippen molar-refractivity contribution in [3.05, 3.63) is 84.4 Å². The fraction of sp³-hybridized carbons (Fsp3) is 0.158. The summed E-state index contributed by atoms with van der Waals surface area (Å²) in [6.07, 6.45) is 0.232. The molecule has 0 saturated carbocycles. The zero-order chi connectivity index (χ0) is 17.0. The molecule has 0 spiro atoms. The van der Waals surface area contributed by atoms with E-state index in [1.54, 1.807) is 30.3 Å². The van der Waals surface area contributed by atoms with Gasteiger partial charge in [0.2, 0.25) is 0 Å². The van der Waals surface area contributed by atoms with Crippen LogP contribution in [0.5, 0.6) is 0 Å². The molecule has 0 aliphatic carbocycles. The molecule has 1 fully saturated rings. The summed E-state index contributed by atoms with van der Waals surface area (Å²) in [5.74, 6) is -0.480. The van der Waals surface area contributed by atoms with Crippen LogP contribution in [0.1, 0.15) is 22.0 Å². The Morgan fingerprint density at radius 2 is 1.79 bits per heavy atom. The third kappa shape index (κ3) is 3.01. The van der Waals surface area contributed by atoms with Crippen molar-refractivity contribution in [3.63, 3.8) is 0 Å².